The minimum Gasteiger partial charge on any atom is -0.342 e. The molecule has 2 aliphatic heterocycles. The lowest BCUT2D eigenvalue weighted by atomic mass is 9.87. The molecule has 1 spiro atoms. The maximum Gasteiger partial charge on any atom is 0.222 e. The molecule has 0 aromatic rings. The van der Waals surface area contributed by atoms with Crippen molar-refractivity contribution >= 4 is 15.9 Å². The number of likely N-dealkylation sites (tertiary alicyclic amines) is 1. The molecule has 0 aromatic heterocycles. The molecule has 4 aliphatic rings. The Morgan fingerprint density at radius 1 is 1.08 bits per heavy atom. The Morgan fingerprint density at radius 2 is 1.83 bits per heavy atom. The summed E-state index contributed by atoms with van der Waals surface area (Å²) in [6, 6.07) is 0. The zero-order chi connectivity index (χ0) is 16.9. The molecular weight excluding hydrogens is 326 g/mol. The summed E-state index contributed by atoms with van der Waals surface area (Å²) >= 11 is 0. The number of likely N-dealkylation sites (N-methyl/N-ethyl adjacent to an activating group) is 1. The molecule has 1 amide bonds. The van der Waals surface area contributed by atoms with Crippen molar-refractivity contribution in [3.63, 3.8) is 0 Å². The van der Waals surface area contributed by atoms with Crippen molar-refractivity contribution in [3.05, 3.63) is 0 Å². The number of carbonyl (C=O) groups excluding carboxylic acids is 1. The zero-order valence-electron chi connectivity index (χ0n) is 14.6. The van der Waals surface area contributed by atoms with E-state index in [-0.39, 0.29) is 16.7 Å². The highest BCUT2D eigenvalue weighted by molar-refractivity contribution is 7.90. The molecule has 1 atom stereocenters. The van der Waals surface area contributed by atoms with Crippen LogP contribution in [0.2, 0.25) is 0 Å². The van der Waals surface area contributed by atoms with E-state index in [1.165, 1.54) is 12.8 Å². The number of hydrogen-bond acceptors (Lipinski definition) is 4. The first-order valence-electron chi connectivity index (χ1n) is 9.39. The third kappa shape index (κ3) is 3.10. The summed E-state index contributed by atoms with van der Waals surface area (Å²) in [5.41, 5.74) is -0.172. The van der Waals surface area contributed by atoms with Crippen LogP contribution in [0.25, 0.3) is 0 Å². The van der Waals surface area contributed by atoms with E-state index in [2.05, 4.69) is 11.9 Å². The molecule has 2 aliphatic carbocycles. The Hall–Kier alpha value is -0.660. The molecule has 1 unspecified atom stereocenters. The average molecular weight is 356 g/mol. The minimum atomic E-state index is -3.13. The number of sulfonamides is 1. The minimum absolute atomic E-state index is 0.142. The van der Waals surface area contributed by atoms with Gasteiger partial charge >= 0.3 is 0 Å². The Morgan fingerprint density at radius 3 is 2.50 bits per heavy atom. The Bertz CT molecular complexity index is 615. The molecule has 2 saturated heterocycles. The zero-order valence-corrected chi connectivity index (χ0v) is 15.4. The van der Waals surface area contributed by atoms with Crippen LogP contribution in [0, 0.1) is 5.92 Å². The van der Waals surface area contributed by atoms with E-state index in [0.717, 1.165) is 45.3 Å². The molecule has 0 N–H and O–H groups in total. The molecule has 4 rings (SSSR count). The standard InChI is InChI=1S/C17H29N3O3S/c1-18-10-11-20(24(22,23)15-4-5-15)13-17(18)7-6-16(21)19(9-8-17)12-14-2-3-14/h14-15H,2-13H2,1H3. The molecule has 4 fully saturated rings. The quantitative estimate of drug-likeness (QED) is 0.751. The summed E-state index contributed by atoms with van der Waals surface area (Å²) in [6.07, 6.45) is 6.35. The molecule has 2 heterocycles. The normalized spacial score (nSPS) is 33.9. The second kappa shape index (κ2) is 5.95. The van der Waals surface area contributed by atoms with E-state index in [1.807, 2.05) is 4.90 Å². The van der Waals surface area contributed by atoms with Gasteiger partial charge in [0.25, 0.3) is 0 Å². The highest BCUT2D eigenvalue weighted by Gasteiger charge is 2.48. The van der Waals surface area contributed by atoms with Crippen molar-refractivity contribution in [1.82, 2.24) is 14.1 Å². The number of nitrogens with zero attached hydrogens (tertiary/aromatic N) is 3. The van der Waals surface area contributed by atoms with Gasteiger partial charge in [0, 0.05) is 44.7 Å². The van der Waals surface area contributed by atoms with Crippen molar-refractivity contribution in [2.75, 3.05) is 39.8 Å². The second-order valence-corrected chi connectivity index (χ2v) is 10.5. The molecule has 2 saturated carbocycles. The van der Waals surface area contributed by atoms with Crippen LogP contribution in [-0.4, -0.2) is 79.0 Å². The molecule has 6 nitrogen and oxygen atoms in total. The third-order valence-electron chi connectivity index (χ3n) is 6.45. The van der Waals surface area contributed by atoms with E-state index in [0.29, 0.717) is 25.4 Å². The Kier molecular flexibility index (Phi) is 4.16. The fourth-order valence-electron chi connectivity index (χ4n) is 4.26. The van der Waals surface area contributed by atoms with Crippen LogP contribution in [0.15, 0.2) is 0 Å². The summed E-state index contributed by atoms with van der Waals surface area (Å²) in [7, 11) is -1.03. The van der Waals surface area contributed by atoms with Gasteiger partial charge in [-0.2, -0.15) is 4.31 Å². The van der Waals surface area contributed by atoms with Gasteiger partial charge < -0.3 is 4.90 Å². The first-order valence-corrected chi connectivity index (χ1v) is 10.9. The third-order valence-corrected chi connectivity index (χ3v) is 8.80. The highest BCUT2D eigenvalue weighted by Crippen LogP contribution is 2.38. The van der Waals surface area contributed by atoms with Crippen molar-refractivity contribution in [2.24, 2.45) is 5.92 Å². The van der Waals surface area contributed by atoms with Gasteiger partial charge in [0.15, 0.2) is 0 Å². The predicted octanol–water partition coefficient (Wildman–Crippen LogP) is 0.887. The van der Waals surface area contributed by atoms with Crippen LogP contribution < -0.4 is 0 Å². The first-order chi connectivity index (χ1) is 11.4. The SMILES string of the molecule is CN1CCN(S(=O)(=O)C2CC2)CC12CCC(=O)N(CC1CC1)CC2. The maximum absolute atomic E-state index is 12.7. The monoisotopic (exact) mass is 355 g/mol. The van der Waals surface area contributed by atoms with Crippen molar-refractivity contribution in [3.8, 4) is 0 Å². The lowest BCUT2D eigenvalue weighted by molar-refractivity contribution is -0.130. The van der Waals surface area contributed by atoms with Crippen LogP contribution in [0.3, 0.4) is 0 Å². The summed E-state index contributed by atoms with van der Waals surface area (Å²) in [5, 5.41) is -0.142. The average Bonchev–Trinajstić information content (AvgIpc) is 3.42. The molecule has 24 heavy (non-hydrogen) atoms. The largest absolute Gasteiger partial charge is 0.342 e. The Labute approximate surface area is 145 Å². The number of hydrogen-bond donors (Lipinski definition) is 0. The number of piperazine rings is 1. The van der Waals surface area contributed by atoms with Gasteiger partial charge in [0.2, 0.25) is 15.9 Å². The van der Waals surface area contributed by atoms with Gasteiger partial charge in [-0.1, -0.05) is 0 Å². The predicted molar refractivity (Wildman–Crippen MR) is 92.0 cm³/mol. The summed E-state index contributed by atoms with van der Waals surface area (Å²) in [5.74, 6) is 0.966. The molecular formula is C17H29N3O3S. The second-order valence-electron chi connectivity index (χ2n) is 8.26. The van der Waals surface area contributed by atoms with Crippen LogP contribution >= 0.6 is 0 Å². The number of rotatable bonds is 4. The van der Waals surface area contributed by atoms with Gasteiger partial charge in [-0.3, -0.25) is 9.69 Å². The van der Waals surface area contributed by atoms with Crippen LogP contribution in [0.5, 0.6) is 0 Å². The van der Waals surface area contributed by atoms with E-state index in [9.17, 15) is 13.2 Å². The summed E-state index contributed by atoms with van der Waals surface area (Å²) in [4.78, 5) is 16.8. The smallest absolute Gasteiger partial charge is 0.222 e. The summed E-state index contributed by atoms with van der Waals surface area (Å²) < 4.78 is 27.1. The van der Waals surface area contributed by atoms with E-state index in [1.54, 1.807) is 4.31 Å². The number of carbonyl (C=O) groups is 1. The van der Waals surface area contributed by atoms with Crippen molar-refractivity contribution in [2.45, 2.75) is 55.7 Å². The van der Waals surface area contributed by atoms with Crippen LogP contribution in [-0.2, 0) is 14.8 Å². The maximum atomic E-state index is 12.7. The van der Waals surface area contributed by atoms with E-state index in [4.69, 9.17) is 0 Å². The summed E-state index contributed by atoms with van der Waals surface area (Å²) in [6.45, 7) is 3.60. The highest BCUT2D eigenvalue weighted by atomic mass is 32.2. The molecule has 136 valence electrons. The van der Waals surface area contributed by atoms with Crippen molar-refractivity contribution < 1.29 is 13.2 Å². The Balaban J connectivity index is 1.50. The molecule has 7 heteroatoms. The van der Waals surface area contributed by atoms with Gasteiger partial charge in [-0.05, 0) is 51.5 Å². The van der Waals surface area contributed by atoms with Crippen LogP contribution in [0.1, 0.15) is 44.9 Å². The lowest BCUT2D eigenvalue weighted by Crippen LogP contribution is -2.62. The fraction of sp³-hybridized carbons (Fsp3) is 0.941. The topological polar surface area (TPSA) is 60.9 Å². The first kappa shape index (κ1) is 16.8. The molecule has 0 aromatic carbocycles. The molecule has 0 radical (unpaired) electrons. The van der Waals surface area contributed by atoms with Gasteiger partial charge in [0.05, 0.1) is 5.25 Å². The van der Waals surface area contributed by atoms with Gasteiger partial charge in [-0.15, -0.1) is 0 Å². The van der Waals surface area contributed by atoms with Crippen molar-refractivity contribution in [1.29, 1.82) is 0 Å². The van der Waals surface area contributed by atoms with Gasteiger partial charge in [0.1, 0.15) is 0 Å². The van der Waals surface area contributed by atoms with Gasteiger partial charge in [-0.25, -0.2) is 8.42 Å². The fourth-order valence-corrected chi connectivity index (χ4v) is 6.17. The number of amides is 1. The lowest BCUT2D eigenvalue weighted by Gasteiger charge is -2.48. The van der Waals surface area contributed by atoms with E-state index < -0.39 is 10.0 Å². The van der Waals surface area contributed by atoms with E-state index >= 15 is 0 Å². The molecule has 0 bridgehead atoms. The van der Waals surface area contributed by atoms with Crippen LogP contribution in [0.4, 0.5) is 0 Å².